The number of benzene rings is 2. The molecule has 2 aromatic carbocycles. The van der Waals surface area contributed by atoms with Gasteiger partial charge in [0.1, 0.15) is 5.75 Å². The summed E-state index contributed by atoms with van der Waals surface area (Å²) in [7, 11) is 0. The molecule has 4 aromatic rings. The van der Waals surface area contributed by atoms with Crippen LogP contribution in [0.25, 0.3) is 5.69 Å². The maximum Gasteiger partial charge on any atom is 0.170 e. The van der Waals surface area contributed by atoms with E-state index in [9.17, 15) is 5.11 Å². The molecule has 1 saturated heterocycles. The summed E-state index contributed by atoms with van der Waals surface area (Å²) in [4.78, 5) is 6.90. The average molecular weight is 455 g/mol. The van der Waals surface area contributed by atoms with E-state index in [1.165, 1.54) is 5.56 Å². The van der Waals surface area contributed by atoms with Crippen molar-refractivity contribution in [3.8, 4) is 11.4 Å². The lowest BCUT2D eigenvalue weighted by atomic mass is 9.96. The Balaban J connectivity index is 1.63. The van der Waals surface area contributed by atoms with Crippen LogP contribution >= 0.6 is 12.2 Å². The van der Waals surface area contributed by atoms with Crippen molar-refractivity contribution < 1.29 is 5.11 Å². The first-order chi connectivity index (χ1) is 16.0. The molecular formula is C27H26N4OS. The molecule has 0 bridgehead atoms. The summed E-state index contributed by atoms with van der Waals surface area (Å²) in [6.07, 6.45) is 1.82. The molecular weight excluding hydrogens is 428 g/mol. The Kier molecular flexibility index (Phi) is 5.60. The predicted octanol–water partition coefficient (Wildman–Crippen LogP) is 5.37. The second-order valence-electron chi connectivity index (χ2n) is 8.39. The number of phenolic OH excluding ortho intramolecular Hbond substituents is 1. The average Bonchev–Trinajstić information content (AvgIpc) is 3.30. The summed E-state index contributed by atoms with van der Waals surface area (Å²) in [6, 6.07) is 25.9. The van der Waals surface area contributed by atoms with E-state index in [4.69, 9.17) is 12.2 Å². The van der Waals surface area contributed by atoms with Crippen molar-refractivity contribution in [2.24, 2.45) is 0 Å². The van der Waals surface area contributed by atoms with E-state index in [0.29, 0.717) is 11.7 Å². The van der Waals surface area contributed by atoms with E-state index in [2.05, 4.69) is 63.9 Å². The van der Waals surface area contributed by atoms with Gasteiger partial charge in [0.05, 0.1) is 23.5 Å². The Bertz CT molecular complexity index is 1290. The number of aromatic nitrogens is 2. The van der Waals surface area contributed by atoms with Crippen LogP contribution in [-0.4, -0.2) is 24.7 Å². The van der Waals surface area contributed by atoms with Crippen LogP contribution in [0.1, 0.15) is 40.3 Å². The zero-order valence-electron chi connectivity index (χ0n) is 18.6. The van der Waals surface area contributed by atoms with Crippen LogP contribution in [-0.2, 0) is 6.54 Å². The van der Waals surface area contributed by atoms with Gasteiger partial charge in [-0.15, -0.1) is 0 Å². The van der Waals surface area contributed by atoms with E-state index in [1.54, 1.807) is 6.07 Å². The highest BCUT2D eigenvalue weighted by Gasteiger charge is 2.41. The van der Waals surface area contributed by atoms with E-state index >= 15 is 0 Å². The highest BCUT2D eigenvalue weighted by Crippen LogP contribution is 2.42. The fourth-order valence-electron chi connectivity index (χ4n) is 4.81. The van der Waals surface area contributed by atoms with Gasteiger partial charge in [-0.25, -0.2) is 0 Å². The third-order valence-corrected chi connectivity index (χ3v) is 6.66. The van der Waals surface area contributed by atoms with Crippen LogP contribution in [0.4, 0.5) is 0 Å². The summed E-state index contributed by atoms with van der Waals surface area (Å²) in [5, 5.41) is 14.8. The smallest absolute Gasteiger partial charge is 0.170 e. The van der Waals surface area contributed by atoms with Crippen LogP contribution in [0.3, 0.4) is 0 Å². The number of hydrogen-bond acceptors (Lipinski definition) is 3. The van der Waals surface area contributed by atoms with Gasteiger partial charge < -0.3 is 19.9 Å². The van der Waals surface area contributed by atoms with Crippen LogP contribution in [0.2, 0.25) is 0 Å². The molecule has 33 heavy (non-hydrogen) atoms. The largest absolute Gasteiger partial charge is 0.506 e. The van der Waals surface area contributed by atoms with Crippen LogP contribution in [0.5, 0.6) is 5.75 Å². The highest BCUT2D eigenvalue weighted by molar-refractivity contribution is 7.80. The molecule has 6 heteroatoms. The highest BCUT2D eigenvalue weighted by atomic mass is 32.1. The van der Waals surface area contributed by atoms with Crippen molar-refractivity contribution in [2.45, 2.75) is 32.5 Å². The van der Waals surface area contributed by atoms with E-state index in [1.807, 2.05) is 48.7 Å². The van der Waals surface area contributed by atoms with Crippen molar-refractivity contribution in [3.63, 3.8) is 0 Å². The van der Waals surface area contributed by atoms with Gasteiger partial charge in [-0.05, 0) is 67.5 Å². The summed E-state index contributed by atoms with van der Waals surface area (Å²) in [5.74, 6) is 0.258. The van der Waals surface area contributed by atoms with Crippen molar-refractivity contribution >= 4 is 17.3 Å². The normalized spacial score (nSPS) is 17.9. The number of phenols is 1. The van der Waals surface area contributed by atoms with Gasteiger partial charge in [0, 0.05) is 24.1 Å². The second-order valence-corrected chi connectivity index (χ2v) is 8.78. The lowest BCUT2D eigenvalue weighted by molar-refractivity contribution is 0.310. The fraction of sp³-hybridized carbons (Fsp3) is 0.185. The van der Waals surface area contributed by atoms with Gasteiger partial charge >= 0.3 is 0 Å². The van der Waals surface area contributed by atoms with Gasteiger partial charge in [-0.2, -0.15) is 0 Å². The zero-order chi connectivity index (χ0) is 22.9. The Hall–Kier alpha value is -3.64. The standard InChI is InChI=1S/C27H26N4OS/c1-18-16-21(19(2)31(18)23-13-6-7-14-24(23)32)26-25(22-12-8-9-15-28-22)29-27(33)30(26)17-20-10-4-3-5-11-20/h3-16,25-26,32H,17H2,1-2H3,(H,29,33)/t25-,26-/m1/s1. The molecule has 1 fully saturated rings. The maximum atomic E-state index is 10.5. The number of para-hydroxylation sites is 2. The molecule has 0 aliphatic carbocycles. The fourth-order valence-corrected chi connectivity index (χ4v) is 5.11. The number of nitrogens with zero attached hydrogens (tertiary/aromatic N) is 3. The number of aryl methyl sites for hydroxylation is 1. The Morgan fingerprint density at radius 3 is 2.42 bits per heavy atom. The molecule has 166 valence electrons. The summed E-state index contributed by atoms with van der Waals surface area (Å²) in [6.45, 7) is 4.87. The van der Waals surface area contributed by atoms with Gasteiger partial charge in [-0.1, -0.05) is 48.5 Å². The quantitative estimate of drug-likeness (QED) is 0.397. The number of pyridine rings is 1. The Morgan fingerprint density at radius 2 is 1.70 bits per heavy atom. The minimum Gasteiger partial charge on any atom is -0.506 e. The monoisotopic (exact) mass is 454 g/mol. The second kappa shape index (κ2) is 8.71. The Morgan fingerprint density at radius 1 is 0.970 bits per heavy atom. The van der Waals surface area contributed by atoms with Crippen molar-refractivity contribution in [3.05, 3.63) is 113 Å². The minimum atomic E-state index is -0.0827. The molecule has 1 aliphatic rings. The lowest BCUT2D eigenvalue weighted by Crippen LogP contribution is -2.29. The van der Waals surface area contributed by atoms with Gasteiger partial charge in [0.2, 0.25) is 0 Å². The third kappa shape index (κ3) is 3.87. The van der Waals surface area contributed by atoms with Gasteiger partial charge in [0.15, 0.2) is 5.11 Å². The molecule has 3 heterocycles. The van der Waals surface area contributed by atoms with Crippen molar-refractivity contribution in [2.75, 3.05) is 0 Å². The first kappa shape index (κ1) is 21.2. The molecule has 5 nitrogen and oxygen atoms in total. The summed E-state index contributed by atoms with van der Waals surface area (Å²) in [5.41, 5.74) is 6.22. The number of nitrogens with one attached hydrogen (secondary N) is 1. The topological polar surface area (TPSA) is 53.3 Å². The summed E-state index contributed by atoms with van der Waals surface area (Å²) >= 11 is 5.83. The lowest BCUT2D eigenvalue weighted by Gasteiger charge is -2.28. The molecule has 2 aromatic heterocycles. The number of rotatable bonds is 5. The van der Waals surface area contributed by atoms with E-state index < -0.39 is 0 Å². The molecule has 2 N–H and O–H groups in total. The number of thiocarbonyl (C=S) groups is 1. The van der Waals surface area contributed by atoms with Crippen LogP contribution in [0.15, 0.2) is 85.1 Å². The molecule has 0 spiro atoms. The van der Waals surface area contributed by atoms with Crippen molar-refractivity contribution in [1.29, 1.82) is 0 Å². The molecule has 0 unspecified atom stereocenters. The predicted molar refractivity (Wildman–Crippen MR) is 134 cm³/mol. The first-order valence-electron chi connectivity index (χ1n) is 11.0. The zero-order valence-corrected chi connectivity index (χ0v) is 19.5. The third-order valence-electron chi connectivity index (χ3n) is 6.31. The van der Waals surface area contributed by atoms with Gasteiger partial charge in [0.25, 0.3) is 0 Å². The molecule has 2 atom stereocenters. The van der Waals surface area contributed by atoms with Crippen LogP contribution < -0.4 is 5.32 Å². The maximum absolute atomic E-state index is 10.5. The molecule has 0 radical (unpaired) electrons. The van der Waals surface area contributed by atoms with Crippen molar-refractivity contribution in [1.82, 2.24) is 19.8 Å². The molecule has 5 rings (SSSR count). The van der Waals surface area contributed by atoms with E-state index in [0.717, 1.165) is 28.3 Å². The Labute approximate surface area is 199 Å². The van der Waals surface area contributed by atoms with Crippen LogP contribution in [0, 0.1) is 13.8 Å². The summed E-state index contributed by atoms with van der Waals surface area (Å²) < 4.78 is 2.11. The number of aromatic hydroxyl groups is 1. The SMILES string of the molecule is Cc1cc([C@@H]2[C@@H](c3ccccn3)NC(=S)N2Cc2ccccc2)c(C)n1-c1ccccc1O. The number of hydrogen-bond donors (Lipinski definition) is 2. The van der Waals surface area contributed by atoms with E-state index in [-0.39, 0.29) is 17.8 Å². The first-order valence-corrected chi connectivity index (χ1v) is 11.4. The molecule has 1 aliphatic heterocycles. The minimum absolute atomic E-state index is 0.0431. The molecule has 0 amide bonds. The van der Waals surface area contributed by atoms with Gasteiger partial charge in [-0.3, -0.25) is 4.98 Å². The molecule has 0 saturated carbocycles.